The minimum absolute atomic E-state index is 0.0948. The number of nitrogens with zero attached hydrogens (tertiary/aromatic N) is 3. The zero-order valence-electron chi connectivity index (χ0n) is 23.2. The number of piperazine rings is 1. The van der Waals surface area contributed by atoms with Crippen molar-refractivity contribution in [3.05, 3.63) is 93.8 Å². The number of likely N-dealkylation sites (tertiary alicyclic amines) is 1. The SMILES string of the molecule is N[C@@H]1CCN(C(=O)N2CCN(Cc3ccc(-c4ccccc4)[nH]c3=O)C3(CCCC3)C2)[C@H](c2cc(F)ccc2F)C1. The number of H-pyrrole nitrogens is 1. The maximum Gasteiger partial charge on any atom is 0.320 e. The Morgan fingerprint density at radius 3 is 2.54 bits per heavy atom. The maximum absolute atomic E-state index is 14.8. The van der Waals surface area contributed by atoms with Gasteiger partial charge in [0.15, 0.2) is 0 Å². The number of piperidine rings is 1. The second kappa shape index (κ2) is 11.4. The van der Waals surface area contributed by atoms with E-state index in [0.717, 1.165) is 49.1 Å². The molecule has 2 aliphatic heterocycles. The molecule has 0 radical (unpaired) electrons. The van der Waals surface area contributed by atoms with Gasteiger partial charge in [-0.1, -0.05) is 49.2 Å². The normalized spacial score (nSPS) is 22.8. The van der Waals surface area contributed by atoms with E-state index in [-0.39, 0.29) is 28.7 Å². The topological polar surface area (TPSA) is 85.7 Å². The Bertz CT molecular complexity index is 1460. The van der Waals surface area contributed by atoms with Gasteiger partial charge in [-0.25, -0.2) is 13.6 Å². The monoisotopic (exact) mass is 561 g/mol. The van der Waals surface area contributed by atoms with E-state index in [1.54, 1.807) is 4.90 Å². The van der Waals surface area contributed by atoms with Gasteiger partial charge in [0.2, 0.25) is 0 Å². The molecule has 1 aliphatic carbocycles. The van der Waals surface area contributed by atoms with Crippen molar-refractivity contribution in [2.75, 3.05) is 26.2 Å². The van der Waals surface area contributed by atoms with Crippen molar-refractivity contribution in [3.63, 3.8) is 0 Å². The number of nitrogens with two attached hydrogens (primary N) is 1. The number of amides is 2. The highest BCUT2D eigenvalue weighted by Gasteiger charge is 2.46. The highest BCUT2D eigenvalue weighted by molar-refractivity contribution is 5.75. The number of urea groups is 1. The second-order valence-electron chi connectivity index (χ2n) is 11.8. The first kappa shape index (κ1) is 27.6. The Labute approximate surface area is 238 Å². The van der Waals surface area contributed by atoms with Crippen LogP contribution in [0.1, 0.15) is 55.7 Å². The minimum atomic E-state index is -0.610. The van der Waals surface area contributed by atoms with Crippen molar-refractivity contribution in [1.29, 1.82) is 0 Å². The number of nitrogens with one attached hydrogen (secondary N) is 1. The number of aromatic nitrogens is 1. The van der Waals surface area contributed by atoms with Crippen LogP contribution in [0.15, 0.2) is 65.5 Å². The van der Waals surface area contributed by atoms with E-state index in [1.807, 2.05) is 47.4 Å². The molecule has 0 bridgehead atoms. The van der Waals surface area contributed by atoms with Crippen molar-refractivity contribution in [2.24, 2.45) is 5.73 Å². The number of carbonyl (C=O) groups is 1. The zero-order valence-corrected chi connectivity index (χ0v) is 23.2. The molecule has 6 rings (SSSR count). The lowest BCUT2D eigenvalue weighted by molar-refractivity contribution is -0.00205. The van der Waals surface area contributed by atoms with Crippen LogP contribution >= 0.6 is 0 Å². The molecule has 7 nitrogen and oxygen atoms in total. The molecule has 3 heterocycles. The summed E-state index contributed by atoms with van der Waals surface area (Å²) in [6.45, 7) is 2.60. The summed E-state index contributed by atoms with van der Waals surface area (Å²) in [5.74, 6) is -1.05. The van der Waals surface area contributed by atoms with Gasteiger partial charge in [0.1, 0.15) is 11.6 Å². The Balaban J connectivity index is 1.21. The lowest BCUT2D eigenvalue weighted by Crippen LogP contribution is -2.64. The van der Waals surface area contributed by atoms with Crippen LogP contribution in [0.5, 0.6) is 0 Å². The molecular formula is C32H37F2N5O2. The zero-order chi connectivity index (χ0) is 28.6. The summed E-state index contributed by atoms with van der Waals surface area (Å²) in [5.41, 5.74) is 8.56. The first-order chi connectivity index (χ1) is 19.8. The van der Waals surface area contributed by atoms with E-state index in [4.69, 9.17) is 5.73 Å². The molecule has 2 amide bonds. The predicted molar refractivity (Wildman–Crippen MR) is 154 cm³/mol. The number of rotatable bonds is 4. The average molecular weight is 562 g/mol. The summed E-state index contributed by atoms with van der Waals surface area (Å²) in [5, 5.41) is 0. The number of hydrogen-bond donors (Lipinski definition) is 2. The molecule has 1 aromatic heterocycles. The van der Waals surface area contributed by atoms with Gasteiger partial charge in [-0.05, 0) is 55.5 Å². The molecule has 216 valence electrons. The van der Waals surface area contributed by atoms with Gasteiger partial charge in [-0.2, -0.15) is 0 Å². The third kappa shape index (κ3) is 5.53. The third-order valence-electron chi connectivity index (χ3n) is 9.24. The van der Waals surface area contributed by atoms with E-state index >= 15 is 0 Å². The lowest BCUT2D eigenvalue weighted by atomic mass is 9.90. The van der Waals surface area contributed by atoms with Gasteiger partial charge in [-0.15, -0.1) is 0 Å². The molecule has 3 N–H and O–H groups in total. The number of pyridine rings is 1. The smallest absolute Gasteiger partial charge is 0.320 e. The Morgan fingerprint density at radius 2 is 1.78 bits per heavy atom. The van der Waals surface area contributed by atoms with Crippen LogP contribution in [0.2, 0.25) is 0 Å². The summed E-state index contributed by atoms with van der Waals surface area (Å²) in [6, 6.07) is 16.1. The summed E-state index contributed by atoms with van der Waals surface area (Å²) in [4.78, 5) is 36.1. The Kier molecular flexibility index (Phi) is 7.66. The van der Waals surface area contributed by atoms with E-state index in [2.05, 4.69) is 9.88 Å². The van der Waals surface area contributed by atoms with Crippen LogP contribution in [0.25, 0.3) is 11.3 Å². The highest BCUT2D eigenvalue weighted by atomic mass is 19.1. The summed E-state index contributed by atoms with van der Waals surface area (Å²) in [7, 11) is 0. The van der Waals surface area contributed by atoms with Crippen molar-refractivity contribution in [1.82, 2.24) is 19.7 Å². The first-order valence-corrected chi connectivity index (χ1v) is 14.6. The van der Waals surface area contributed by atoms with Gasteiger partial charge >= 0.3 is 6.03 Å². The van der Waals surface area contributed by atoms with Crippen molar-refractivity contribution in [2.45, 2.75) is 62.7 Å². The molecule has 41 heavy (non-hydrogen) atoms. The fourth-order valence-corrected chi connectivity index (χ4v) is 7.02. The van der Waals surface area contributed by atoms with E-state index < -0.39 is 17.7 Å². The van der Waals surface area contributed by atoms with Gasteiger partial charge in [0.05, 0.1) is 6.04 Å². The van der Waals surface area contributed by atoms with Gasteiger partial charge in [0.25, 0.3) is 5.56 Å². The minimum Gasteiger partial charge on any atom is -0.328 e. The number of hydrogen-bond acceptors (Lipinski definition) is 4. The quantitative estimate of drug-likeness (QED) is 0.468. The Hall–Kier alpha value is -3.56. The van der Waals surface area contributed by atoms with Crippen molar-refractivity contribution >= 4 is 6.03 Å². The van der Waals surface area contributed by atoms with E-state index in [0.29, 0.717) is 51.1 Å². The van der Waals surface area contributed by atoms with Crippen LogP contribution in [0, 0.1) is 11.6 Å². The Morgan fingerprint density at radius 1 is 1.00 bits per heavy atom. The molecule has 9 heteroatoms. The summed E-state index contributed by atoms with van der Waals surface area (Å²) < 4.78 is 28.9. The largest absolute Gasteiger partial charge is 0.328 e. The molecule has 3 fully saturated rings. The average Bonchev–Trinajstić information content (AvgIpc) is 3.45. The van der Waals surface area contributed by atoms with Crippen LogP contribution in [0.4, 0.5) is 13.6 Å². The molecule has 1 spiro atoms. The molecule has 0 unspecified atom stereocenters. The second-order valence-corrected chi connectivity index (χ2v) is 11.8. The molecular weight excluding hydrogens is 524 g/mol. The van der Waals surface area contributed by atoms with Crippen LogP contribution in [-0.2, 0) is 6.54 Å². The first-order valence-electron chi connectivity index (χ1n) is 14.6. The maximum atomic E-state index is 14.8. The van der Waals surface area contributed by atoms with Crippen LogP contribution < -0.4 is 11.3 Å². The third-order valence-corrected chi connectivity index (χ3v) is 9.24. The summed E-state index contributed by atoms with van der Waals surface area (Å²) >= 11 is 0. The lowest BCUT2D eigenvalue weighted by Gasteiger charge is -2.51. The van der Waals surface area contributed by atoms with Crippen LogP contribution in [-0.4, -0.2) is 63.5 Å². The van der Waals surface area contributed by atoms with E-state index in [9.17, 15) is 18.4 Å². The van der Waals surface area contributed by atoms with Crippen molar-refractivity contribution < 1.29 is 13.6 Å². The highest BCUT2D eigenvalue weighted by Crippen LogP contribution is 2.40. The molecule has 2 atom stereocenters. The number of carbonyl (C=O) groups excluding carboxylic acids is 1. The molecule has 2 saturated heterocycles. The fraction of sp³-hybridized carbons (Fsp3) is 0.438. The summed E-state index contributed by atoms with van der Waals surface area (Å²) in [6.07, 6.45) is 5.04. The predicted octanol–water partition coefficient (Wildman–Crippen LogP) is 5.03. The number of halogens is 2. The number of aromatic amines is 1. The number of benzene rings is 2. The molecule has 2 aromatic carbocycles. The van der Waals surface area contributed by atoms with E-state index in [1.165, 1.54) is 6.07 Å². The van der Waals surface area contributed by atoms with Crippen LogP contribution in [0.3, 0.4) is 0 Å². The van der Waals surface area contributed by atoms with Gasteiger partial charge in [0, 0.05) is 61.1 Å². The molecule has 3 aliphatic rings. The molecule has 1 saturated carbocycles. The van der Waals surface area contributed by atoms with Crippen molar-refractivity contribution in [3.8, 4) is 11.3 Å². The fourth-order valence-electron chi connectivity index (χ4n) is 7.02. The molecule has 3 aromatic rings. The van der Waals surface area contributed by atoms with Gasteiger partial charge in [-0.3, -0.25) is 9.69 Å². The standard InChI is InChI=1S/C32H37F2N5O2/c33-24-9-10-27(34)26(18-24)29-19-25(35)12-15-39(29)31(41)37-16-17-38(32(21-37)13-4-5-14-32)20-23-8-11-28(36-30(23)40)22-6-2-1-3-7-22/h1-3,6-11,18,25,29H,4-5,12-17,19-21,35H2,(H,36,40)/t25-,29+/m1/s1. The van der Waals surface area contributed by atoms with Gasteiger partial charge < -0.3 is 20.5 Å².